The minimum Gasteiger partial charge on any atom is -0.493 e. The minimum absolute atomic E-state index is 0.315. The topological polar surface area (TPSA) is 73.3 Å². The summed E-state index contributed by atoms with van der Waals surface area (Å²) in [5.41, 5.74) is 0.890. The number of anilines is 1. The zero-order valence-corrected chi connectivity index (χ0v) is 13.8. The van der Waals surface area contributed by atoms with Crippen molar-refractivity contribution in [3.63, 3.8) is 0 Å². The van der Waals surface area contributed by atoms with Crippen LogP contribution in [0.4, 0.5) is 5.82 Å². The highest BCUT2D eigenvalue weighted by Gasteiger charge is 2.12. The molecule has 0 aliphatic carbocycles. The first kappa shape index (κ1) is 16.0. The standard InChI is InChI=1S/C17H14ClN3O3/c1-23-12-6-3-11(9-13(12)24-2)17(22)21-15-8-5-10-4-7-14(18)19-16(10)20-15/h3-9H,1-2H3,(H,19,20,21,22). The van der Waals surface area contributed by atoms with Crippen molar-refractivity contribution in [1.82, 2.24) is 9.97 Å². The van der Waals surface area contributed by atoms with Crippen LogP contribution in [-0.4, -0.2) is 30.1 Å². The zero-order chi connectivity index (χ0) is 17.1. The Morgan fingerprint density at radius 3 is 2.50 bits per heavy atom. The Hall–Kier alpha value is -2.86. The van der Waals surface area contributed by atoms with Crippen LogP contribution in [-0.2, 0) is 0 Å². The molecule has 122 valence electrons. The fourth-order valence-electron chi connectivity index (χ4n) is 2.21. The normalized spacial score (nSPS) is 10.5. The van der Waals surface area contributed by atoms with Crippen molar-refractivity contribution in [2.75, 3.05) is 19.5 Å². The van der Waals surface area contributed by atoms with Gasteiger partial charge in [0, 0.05) is 10.9 Å². The van der Waals surface area contributed by atoms with Gasteiger partial charge in [0.1, 0.15) is 11.0 Å². The van der Waals surface area contributed by atoms with E-state index in [1.54, 1.807) is 30.3 Å². The number of amides is 1. The Morgan fingerprint density at radius 1 is 1.00 bits per heavy atom. The lowest BCUT2D eigenvalue weighted by Crippen LogP contribution is -2.13. The maximum atomic E-state index is 12.4. The third kappa shape index (κ3) is 3.23. The maximum absolute atomic E-state index is 12.4. The number of methoxy groups -OCH3 is 2. The number of carbonyl (C=O) groups is 1. The van der Waals surface area contributed by atoms with Crippen LogP contribution in [0.15, 0.2) is 42.5 Å². The predicted octanol–water partition coefficient (Wildman–Crippen LogP) is 3.55. The second kappa shape index (κ2) is 6.72. The quantitative estimate of drug-likeness (QED) is 0.733. The summed E-state index contributed by atoms with van der Waals surface area (Å²) in [6.45, 7) is 0. The number of carbonyl (C=O) groups excluding carboxylic acids is 1. The van der Waals surface area contributed by atoms with Gasteiger partial charge in [0.15, 0.2) is 17.1 Å². The Morgan fingerprint density at radius 2 is 1.75 bits per heavy atom. The number of halogens is 1. The van der Waals surface area contributed by atoms with Gasteiger partial charge in [-0.15, -0.1) is 0 Å². The Labute approximate surface area is 143 Å². The highest BCUT2D eigenvalue weighted by Crippen LogP contribution is 2.27. The average molecular weight is 344 g/mol. The summed E-state index contributed by atoms with van der Waals surface area (Å²) in [6.07, 6.45) is 0. The number of fused-ring (bicyclic) bond motifs is 1. The number of benzene rings is 1. The van der Waals surface area contributed by atoms with E-state index in [-0.39, 0.29) is 5.91 Å². The van der Waals surface area contributed by atoms with Crippen molar-refractivity contribution in [2.24, 2.45) is 0 Å². The van der Waals surface area contributed by atoms with Gasteiger partial charge < -0.3 is 14.8 Å². The van der Waals surface area contributed by atoms with Crippen LogP contribution in [0.1, 0.15) is 10.4 Å². The van der Waals surface area contributed by atoms with E-state index < -0.39 is 0 Å². The van der Waals surface area contributed by atoms with Crippen molar-refractivity contribution >= 4 is 34.4 Å². The number of rotatable bonds is 4. The van der Waals surface area contributed by atoms with E-state index in [9.17, 15) is 4.79 Å². The summed E-state index contributed by atoms with van der Waals surface area (Å²) in [5, 5.41) is 3.91. The number of nitrogens with zero attached hydrogens (tertiary/aromatic N) is 2. The fourth-order valence-corrected chi connectivity index (χ4v) is 2.35. The Bertz CT molecular complexity index is 915. The summed E-state index contributed by atoms with van der Waals surface area (Å²) >= 11 is 5.87. The molecule has 3 aromatic rings. The molecule has 0 atom stereocenters. The van der Waals surface area contributed by atoms with Gasteiger partial charge in [0.05, 0.1) is 14.2 Å². The summed E-state index contributed by atoms with van der Waals surface area (Å²) in [5.74, 6) is 1.10. The predicted molar refractivity (Wildman–Crippen MR) is 92.0 cm³/mol. The SMILES string of the molecule is COc1ccc(C(=O)Nc2ccc3ccc(Cl)nc3n2)cc1OC. The first-order chi connectivity index (χ1) is 11.6. The molecule has 0 saturated heterocycles. The van der Waals surface area contributed by atoms with E-state index in [4.69, 9.17) is 21.1 Å². The second-order valence-electron chi connectivity index (χ2n) is 4.90. The van der Waals surface area contributed by atoms with E-state index in [1.165, 1.54) is 14.2 Å². The van der Waals surface area contributed by atoms with Gasteiger partial charge in [-0.3, -0.25) is 4.79 Å². The lowest BCUT2D eigenvalue weighted by Gasteiger charge is -2.10. The Balaban J connectivity index is 1.86. The van der Waals surface area contributed by atoms with Crippen LogP contribution < -0.4 is 14.8 Å². The number of aromatic nitrogens is 2. The van der Waals surface area contributed by atoms with Crippen LogP contribution >= 0.6 is 11.6 Å². The molecular formula is C17H14ClN3O3. The number of pyridine rings is 2. The molecule has 0 radical (unpaired) electrons. The van der Waals surface area contributed by atoms with E-state index in [2.05, 4.69) is 15.3 Å². The van der Waals surface area contributed by atoms with Gasteiger partial charge in [-0.2, -0.15) is 0 Å². The fraction of sp³-hybridized carbons (Fsp3) is 0.118. The summed E-state index contributed by atoms with van der Waals surface area (Å²) in [7, 11) is 3.05. The molecule has 0 saturated carbocycles. The first-order valence-electron chi connectivity index (χ1n) is 7.07. The highest BCUT2D eigenvalue weighted by molar-refractivity contribution is 6.29. The lowest BCUT2D eigenvalue weighted by molar-refractivity contribution is 0.102. The van der Waals surface area contributed by atoms with Crippen molar-refractivity contribution in [2.45, 2.75) is 0 Å². The van der Waals surface area contributed by atoms with E-state index in [0.717, 1.165) is 5.39 Å². The van der Waals surface area contributed by atoms with Crippen molar-refractivity contribution in [1.29, 1.82) is 0 Å². The van der Waals surface area contributed by atoms with Gasteiger partial charge in [0.25, 0.3) is 5.91 Å². The molecule has 0 bridgehead atoms. The molecule has 1 amide bonds. The molecule has 0 fully saturated rings. The van der Waals surface area contributed by atoms with Crippen molar-refractivity contribution in [3.05, 3.63) is 53.2 Å². The maximum Gasteiger partial charge on any atom is 0.256 e. The second-order valence-corrected chi connectivity index (χ2v) is 5.29. The largest absolute Gasteiger partial charge is 0.493 e. The molecule has 0 aliphatic rings. The zero-order valence-electron chi connectivity index (χ0n) is 13.0. The number of hydrogen-bond donors (Lipinski definition) is 1. The molecule has 0 spiro atoms. The monoisotopic (exact) mass is 343 g/mol. The average Bonchev–Trinajstić information content (AvgIpc) is 2.60. The van der Waals surface area contributed by atoms with Gasteiger partial charge in [-0.25, -0.2) is 9.97 Å². The van der Waals surface area contributed by atoms with Crippen molar-refractivity contribution in [3.8, 4) is 11.5 Å². The number of nitrogens with one attached hydrogen (secondary N) is 1. The van der Waals surface area contributed by atoms with Crippen molar-refractivity contribution < 1.29 is 14.3 Å². The molecule has 1 N–H and O–H groups in total. The molecule has 2 heterocycles. The van der Waals surface area contributed by atoms with Crippen LogP contribution in [0.3, 0.4) is 0 Å². The third-order valence-electron chi connectivity index (χ3n) is 3.41. The molecule has 2 aromatic heterocycles. The Kier molecular flexibility index (Phi) is 4.48. The molecule has 3 rings (SSSR count). The highest BCUT2D eigenvalue weighted by atomic mass is 35.5. The molecule has 1 aromatic carbocycles. The van der Waals surface area contributed by atoms with Crippen LogP contribution in [0, 0.1) is 0 Å². The summed E-state index contributed by atoms with van der Waals surface area (Å²) in [6, 6.07) is 11.9. The molecule has 0 unspecified atom stereocenters. The van der Waals surface area contributed by atoms with Gasteiger partial charge in [-0.1, -0.05) is 11.6 Å². The lowest BCUT2D eigenvalue weighted by atomic mass is 10.2. The van der Waals surface area contributed by atoms with E-state index in [1.807, 2.05) is 12.1 Å². The van der Waals surface area contributed by atoms with Crippen LogP contribution in [0.5, 0.6) is 11.5 Å². The summed E-state index contributed by atoms with van der Waals surface area (Å²) in [4.78, 5) is 20.8. The van der Waals surface area contributed by atoms with Crippen LogP contribution in [0.2, 0.25) is 5.15 Å². The molecular weight excluding hydrogens is 330 g/mol. The van der Waals surface area contributed by atoms with Gasteiger partial charge in [0.2, 0.25) is 0 Å². The molecule has 6 nitrogen and oxygen atoms in total. The van der Waals surface area contributed by atoms with Gasteiger partial charge in [-0.05, 0) is 42.5 Å². The number of hydrogen-bond acceptors (Lipinski definition) is 5. The van der Waals surface area contributed by atoms with Crippen LogP contribution in [0.25, 0.3) is 11.0 Å². The molecule has 7 heteroatoms. The summed E-state index contributed by atoms with van der Waals surface area (Å²) < 4.78 is 10.4. The first-order valence-corrected chi connectivity index (χ1v) is 7.45. The minimum atomic E-state index is -0.315. The van der Waals surface area contributed by atoms with Gasteiger partial charge >= 0.3 is 0 Å². The number of ether oxygens (including phenoxy) is 2. The smallest absolute Gasteiger partial charge is 0.256 e. The van der Waals surface area contributed by atoms with E-state index >= 15 is 0 Å². The molecule has 24 heavy (non-hydrogen) atoms. The third-order valence-corrected chi connectivity index (χ3v) is 3.62. The van der Waals surface area contributed by atoms with E-state index in [0.29, 0.717) is 33.7 Å². The molecule has 0 aliphatic heterocycles.